The standard InChI is InChI=1S/C20H32N4O2.HI/c1-5-26-14-17-8-6-16(7-9-17)12-22-20(21-4)23-18-10-11-24(13-18)19(25)15(2)3;/h6-9,15,18H,5,10-14H2,1-4H3,(H2,21,22,23);1H. The van der Waals surface area contributed by atoms with Gasteiger partial charge in [-0.3, -0.25) is 9.79 Å². The molecule has 7 heteroatoms. The summed E-state index contributed by atoms with van der Waals surface area (Å²) in [5.41, 5.74) is 2.37. The minimum atomic E-state index is 0. The highest BCUT2D eigenvalue weighted by atomic mass is 127. The maximum Gasteiger partial charge on any atom is 0.225 e. The molecule has 0 aliphatic carbocycles. The monoisotopic (exact) mass is 488 g/mol. The lowest BCUT2D eigenvalue weighted by Gasteiger charge is -2.20. The summed E-state index contributed by atoms with van der Waals surface area (Å²) in [6, 6.07) is 8.64. The number of rotatable bonds is 7. The van der Waals surface area contributed by atoms with Crippen LogP contribution in [-0.4, -0.2) is 49.6 Å². The summed E-state index contributed by atoms with van der Waals surface area (Å²) in [6.45, 7) is 9.53. The van der Waals surface area contributed by atoms with Crippen molar-refractivity contribution in [1.82, 2.24) is 15.5 Å². The number of nitrogens with zero attached hydrogens (tertiary/aromatic N) is 2. The van der Waals surface area contributed by atoms with Crippen molar-refractivity contribution in [1.29, 1.82) is 0 Å². The van der Waals surface area contributed by atoms with Gasteiger partial charge in [-0.15, -0.1) is 24.0 Å². The highest BCUT2D eigenvalue weighted by molar-refractivity contribution is 14.0. The number of ether oxygens (including phenoxy) is 1. The summed E-state index contributed by atoms with van der Waals surface area (Å²) in [7, 11) is 1.77. The minimum absolute atomic E-state index is 0. The van der Waals surface area contributed by atoms with Crippen LogP contribution in [0.4, 0.5) is 0 Å². The average molecular weight is 488 g/mol. The largest absolute Gasteiger partial charge is 0.377 e. The second-order valence-corrected chi connectivity index (χ2v) is 6.95. The van der Waals surface area contributed by atoms with Gasteiger partial charge in [0.2, 0.25) is 5.91 Å². The third-order valence-corrected chi connectivity index (χ3v) is 4.51. The Morgan fingerprint density at radius 3 is 2.56 bits per heavy atom. The maximum absolute atomic E-state index is 12.1. The smallest absolute Gasteiger partial charge is 0.225 e. The molecule has 0 aromatic heterocycles. The van der Waals surface area contributed by atoms with Crippen molar-refractivity contribution in [2.75, 3.05) is 26.7 Å². The Hall–Kier alpha value is -1.35. The number of benzene rings is 1. The Morgan fingerprint density at radius 1 is 1.30 bits per heavy atom. The summed E-state index contributed by atoms with van der Waals surface area (Å²) < 4.78 is 5.42. The van der Waals surface area contributed by atoms with Crippen molar-refractivity contribution < 1.29 is 9.53 Å². The molecule has 0 saturated carbocycles. The predicted molar refractivity (Wildman–Crippen MR) is 120 cm³/mol. The third-order valence-electron chi connectivity index (χ3n) is 4.51. The number of amides is 1. The minimum Gasteiger partial charge on any atom is -0.377 e. The van der Waals surface area contributed by atoms with E-state index in [0.29, 0.717) is 13.2 Å². The maximum atomic E-state index is 12.1. The third kappa shape index (κ3) is 7.65. The molecule has 152 valence electrons. The van der Waals surface area contributed by atoms with Crippen LogP contribution >= 0.6 is 24.0 Å². The molecule has 6 nitrogen and oxygen atoms in total. The molecular formula is C20H33IN4O2. The number of likely N-dealkylation sites (tertiary alicyclic amines) is 1. The Kier molecular flexibility index (Phi) is 10.7. The predicted octanol–water partition coefficient (Wildman–Crippen LogP) is 2.76. The van der Waals surface area contributed by atoms with Gasteiger partial charge >= 0.3 is 0 Å². The van der Waals surface area contributed by atoms with Crippen molar-refractivity contribution in [3.05, 3.63) is 35.4 Å². The van der Waals surface area contributed by atoms with Gasteiger partial charge in [-0.1, -0.05) is 38.1 Å². The molecule has 1 heterocycles. The van der Waals surface area contributed by atoms with Crippen LogP contribution in [0.3, 0.4) is 0 Å². The van der Waals surface area contributed by atoms with Crippen LogP contribution in [0.1, 0.15) is 38.3 Å². The summed E-state index contributed by atoms with van der Waals surface area (Å²) >= 11 is 0. The van der Waals surface area contributed by atoms with Crippen molar-refractivity contribution in [2.24, 2.45) is 10.9 Å². The van der Waals surface area contributed by atoms with Crippen LogP contribution in [0.2, 0.25) is 0 Å². The first-order valence-electron chi connectivity index (χ1n) is 9.45. The zero-order valence-corrected chi connectivity index (χ0v) is 19.2. The van der Waals surface area contributed by atoms with E-state index in [-0.39, 0.29) is 41.8 Å². The van der Waals surface area contributed by atoms with E-state index in [9.17, 15) is 4.79 Å². The van der Waals surface area contributed by atoms with Crippen molar-refractivity contribution in [2.45, 2.75) is 46.4 Å². The Balaban J connectivity index is 0.00000364. The van der Waals surface area contributed by atoms with Crippen LogP contribution in [0, 0.1) is 5.92 Å². The molecule has 0 spiro atoms. The highest BCUT2D eigenvalue weighted by Crippen LogP contribution is 2.13. The number of nitrogens with one attached hydrogen (secondary N) is 2. The molecule has 1 amide bonds. The zero-order valence-electron chi connectivity index (χ0n) is 16.8. The van der Waals surface area contributed by atoms with Gasteiger partial charge in [0.15, 0.2) is 5.96 Å². The normalized spacial score (nSPS) is 17.0. The topological polar surface area (TPSA) is 66.0 Å². The fourth-order valence-corrected chi connectivity index (χ4v) is 2.99. The van der Waals surface area contributed by atoms with Crippen molar-refractivity contribution in [3.8, 4) is 0 Å². The summed E-state index contributed by atoms with van der Waals surface area (Å²) in [6.07, 6.45) is 0.950. The van der Waals surface area contributed by atoms with Gasteiger partial charge in [0.25, 0.3) is 0 Å². The average Bonchev–Trinajstić information content (AvgIpc) is 3.11. The van der Waals surface area contributed by atoms with Gasteiger partial charge in [0, 0.05) is 45.2 Å². The molecule has 1 saturated heterocycles. The number of carbonyl (C=O) groups excluding carboxylic acids is 1. The molecule has 2 N–H and O–H groups in total. The fraction of sp³-hybridized carbons (Fsp3) is 0.600. The first-order valence-corrected chi connectivity index (χ1v) is 9.45. The summed E-state index contributed by atoms with van der Waals surface area (Å²) in [5.74, 6) is 1.05. The molecule has 0 radical (unpaired) electrons. The van der Waals surface area contributed by atoms with Crippen LogP contribution < -0.4 is 10.6 Å². The highest BCUT2D eigenvalue weighted by Gasteiger charge is 2.27. The van der Waals surface area contributed by atoms with Crippen LogP contribution in [-0.2, 0) is 22.7 Å². The SMILES string of the molecule is CCOCc1ccc(CNC(=NC)NC2CCN(C(=O)C(C)C)C2)cc1.I. The van der Waals surface area contributed by atoms with Gasteiger partial charge in [-0.25, -0.2) is 0 Å². The first-order chi connectivity index (χ1) is 12.5. The Morgan fingerprint density at radius 2 is 1.96 bits per heavy atom. The molecule has 1 aliphatic rings. The van der Waals surface area contributed by atoms with E-state index >= 15 is 0 Å². The fourth-order valence-electron chi connectivity index (χ4n) is 2.99. The molecular weight excluding hydrogens is 455 g/mol. The van der Waals surface area contributed by atoms with Crippen molar-refractivity contribution in [3.63, 3.8) is 0 Å². The summed E-state index contributed by atoms with van der Waals surface area (Å²) in [5, 5.41) is 6.77. The zero-order chi connectivity index (χ0) is 18.9. The number of carbonyl (C=O) groups is 1. The number of guanidine groups is 1. The van der Waals surface area contributed by atoms with E-state index in [1.165, 1.54) is 11.1 Å². The van der Waals surface area contributed by atoms with Crippen LogP contribution in [0.15, 0.2) is 29.3 Å². The van der Waals surface area contributed by atoms with Gasteiger partial charge in [-0.2, -0.15) is 0 Å². The van der Waals surface area contributed by atoms with E-state index in [0.717, 1.165) is 32.1 Å². The molecule has 1 aliphatic heterocycles. The first kappa shape index (κ1) is 23.7. The van der Waals surface area contributed by atoms with Crippen LogP contribution in [0.25, 0.3) is 0 Å². The van der Waals surface area contributed by atoms with E-state index in [1.807, 2.05) is 25.7 Å². The number of hydrogen-bond donors (Lipinski definition) is 2. The molecule has 1 atom stereocenters. The van der Waals surface area contributed by atoms with Gasteiger partial charge in [0.05, 0.1) is 6.61 Å². The second-order valence-electron chi connectivity index (χ2n) is 6.95. The lowest BCUT2D eigenvalue weighted by molar-refractivity contribution is -0.133. The molecule has 1 fully saturated rings. The van der Waals surface area contributed by atoms with Crippen LogP contribution in [0.5, 0.6) is 0 Å². The molecule has 1 aromatic carbocycles. The molecule has 1 aromatic rings. The van der Waals surface area contributed by atoms with Crippen molar-refractivity contribution >= 4 is 35.8 Å². The van der Waals surface area contributed by atoms with E-state index in [2.05, 4.69) is 39.9 Å². The van der Waals surface area contributed by atoms with Gasteiger partial charge in [0.1, 0.15) is 0 Å². The second kappa shape index (κ2) is 12.2. The van der Waals surface area contributed by atoms with Gasteiger partial charge in [-0.05, 0) is 24.5 Å². The quantitative estimate of drug-likeness (QED) is 0.352. The number of aliphatic imine (C=N–C) groups is 1. The molecule has 27 heavy (non-hydrogen) atoms. The Labute approximate surface area is 180 Å². The number of halogens is 1. The molecule has 0 bridgehead atoms. The Bertz CT molecular complexity index is 605. The van der Waals surface area contributed by atoms with E-state index < -0.39 is 0 Å². The molecule has 2 rings (SSSR count). The van der Waals surface area contributed by atoms with E-state index in [4.69, 9.17) is 4.74 Å². The lowest BCUT2D eigenvalue weighted by Crippen LogP contribution is -2.45. The van der Waals surface area contributed by atoms with E-state index in [1.54, 1.807) is 7.05 Å². The lowest BCUT2D eigenvalue weighted by atomic mass is 10.1. The number of hydrogen-bond acceptors (Lipinski definition) is 3. The van der Waals surface area contributed by atoms with Gasteiger partial charge < -0.3 is 20.3 Å². The summed E-state index contributed by atoms with van der Waals surface area (Å²) in [4.78, 5) is 18.3. The molecule has 1 unspecified atom stereocenters.